The van der Waals surface area contributed by atoms with Gasteiger partial charge in [0.25, 0.3) is 0 Å². The van der Waals surface area contributed by atoms with Crippen LogP contribution in [0.3, 0.4) is 0 Å². The molecule has 0 amide bonds. The summed E-state index contributed by atoms with van der Waals surface area (Å²) in [4.78, 5) is 2.45. The van der Waals surface area contributed by atoms with Crippen molar-refractivity contribution >= 4 is 0 Å². The molecule has 0 saturated carbocycles. The summed E-state index contributed by atoms with van der Waals surface area (Å²) in [5.74, 6) is 0.759. The van der Waals surface area contributed by atoms with Crippen LogP contribution < -0.4 is 0 Å². The molecule has 0 N–H and O–H groups in total. The molecule has 76 valence electrons. The second kappa shape index (κ2) is 4.14. The zero-order valence-electron chi connectivity index (χ0n) is 9.16. The number of likely N-dealkylation sites (tertiary alicyclic amines) is 1. The van der Waals surface area contributed by atoms with Crippen molar-refractivity contribution in [3.05, 3.63) is 35.4 Å². The number of hydrogen-bond donors (Lipinski definition) is 0. The molecule has 1 atom stereocenters. The normalized spacial score (nSPS) is 23.7. The molecule has 0 radical (unpaired) electrons. The highest BCUT2D eigenvalue weighted by molar-refractivity contribution is 5.29. The fourth-order valence-corrected chi connectivity index (χ4v) is 2.47. The van der Waals surface area contributed by atoms with Gasteiger partial charge in [-0.25, -0.2) is 0 Å². The highest BCUT2D eigenvalue weighted by Crippen LogP contribution is 2.28. The average molecular weight is 189 g/mol. The predicted molar refractivity (Wildman–Crippen MR) is 60.7 cm³/mol. The summed E-state index contributed by atoms with van der Waals surface area (Å²) in [5.41, 5.74) is 3.01. The lowest BCUT2D eigenvalue weighted by Gasteiger charge is -2.30. The number of benzene rings is 1. The minimum atomic E-state index is 0.759. The largest absolute Gasteiger partial charge is 0.306 e. The number of hydrogen-bond acceptors (Lipinski definition) is 1. The first-order valence-electron chi connectivity index (χ1n) is 5.51. The Morgan fingerprint density at radius 3 is 2.79 bits per heavy atom. The van der Waals surface area contributed by atoms with E-state index in [0.29, 0.717) is 0 Å². The van der Waals surface area contributed by atoms with Crippen molar-refractivity contribution in [1.82, 2.24) is 4.90 Å². The van der Waals surface area contributed by atoms with Crippen molar-refractivity contribution in [1.29, 1.82) is 0 Å². The van der Waals surface area contributed by atoms with Crippen LogP contribution in [0, 0.1) is 6.92 Å². The molecule has 1 aromatic rings. The number of likely N-dealkylation sites (N-methyl/N-ethyl adjacent to an activating group) is 1. The van der Waals surface area contributed by atoms with Crippen LogP contribution in [0.4, 0.5) is 0 Å². The van der Waals surface area contributed by atoms with Gasteiger partial charge in [0.2, 0.25) is 0 Å². The van der Waals surface area contributed by atoms with Crippen LogP contribution in [0.15, 0.2) is 24.3 Å². The molecule has 1 unspecified atom stereocenters. The maximum atomic E-state index is 2.45. The van der Waals surface area contributed by atoms with Crippen LogP contribution in [0.2, 0.25) is 0 Å². The predicted octanol–water partition coefficient (Wildman–Crippen LogP) is 2.80. The van der Waals surface area contributed by atoms with Gasteiger partial charge in [0, 0.05) is 6.54 Å². The van der Waals surface area contributed by atoms with E-state index in [4.69, 9.17) is 0 Å². The third-order valence-corrected chi connectivity index (χ3v) is 3.25. The molecule has 1 saturated heterocycles. The lowest BCUT2D eigenvalue weighted by molar-refractivity contribution is 0.250. The van der Waals surface area contributed by atoms with E-state index in [1.165, 1.54) is 31.5 Å². The fourth-order valence-electron chi connectivity index (χ4n) is 2.47. The van der Waals surface area contributed by atoms with E-state index in [9.17, 15) is 0 Å². The maximum absolute atomic E-state index is 2.45. The number of rotatable bonds is 1. The highest BCUT2D eigenvalue weighted by atomic mass is 15.1. The van der Waals surface area contributed by atoms with Crippen LogP contribution >= 0.6 is 0 Å². The average Bonchev–Trinajstić information content (AvgIpc) is 2.18. The SMILES string of the molecule is Cc1ccccc1C1CCCN(C)C1. The molecule has 0 aromatic heterocycles. The van der Waals surface area contributed by atoms with Gasteiger partial charge in [0.15, 0.2) is 0 Å². The third kappa shape index (κ3) is 1.98. The summed E-state index contributed by atoms with van der Waals surface area (Å²) < 4.78 is 0. The van der Waals surface area contributed by atoms with E-state index in [0.717, 1.165) is 5.92 Å². The lowest BCUT2D eigenvalue weighted by Crippen LogP contribution is -2.31. The van der Waals surface area contributed by atoms with Crippen LogP contribution in [0.5, 0.6) is 0 Å². The summed E-state index contributed by atoms with van der Waals surface area (Å²) in [5, 5.41) is 0. The van der Waals surface area contributed by atoms with Crippen LogP contribution in [0.1, 0.15) is 29.9 Å². The van der Waals surface area contributed by atoms with Crippen LogP contribution in [0.25, 0.3) is 0 Å². The summed E-state index contributed by atoms with van der Waals surface area (Å²) in [7, 11) is 2.23. The van der Waals surface area contributed by atoms with E-state index in [1.54, 1.807) is 5.56 Å². The Labute approximate surface area is 86.7 Å². The number of aryl methyl sites for hydroxylation is 1. The molecular formula is C13H19N. The Balaban J connectivity index is 2.18. The smallest absolute Gasteiger partial charge is 0.00473 e. The molecule has 1 heteroatoms. The van der Waals surface area contributed by atoms with Crippen LogP contribution in [-0.2, 0) is 0 Å². The van der Waals surface area contributed by atoms with Gasteiger partial charge >= 0.3 is 0 Å². The van der Waals surface area contributed by atoms with Gasteiger partial charge in [-0.2, -0.15) is 0 Å². The molecular weight excluding hydrogens is 170 g/mol. The third-order valence-electron chi connectivity index (χ3n) is 3.25. The molecule has 14 heavy (non-hydrogen) atoms. The maximum Gasteiger partial charge on any atom is 0.00473 e. The number of piperidine rings is 1. The molecule has 1 aromatic carbocycles. The van der Waals surface area contributed by atoms with Gasteiger partial charge in [-0.05, 0) is 50.4 Å². The van der Waals surface area contributed by atoms with E-state index in [1.807, 2.05) is 0 Å². The van der Waals surface area contributed by atoms with Gasteiger partial charge in [-0.1, -0.05) is 24.3 Å². The first kappa shape index (κ1) is 9.72. The van der Waals surface area contributed by atoms with Crippen molar-refractivity contribution in [3.8, 4) is 0 Å². The Hall–Kier alpha value is -0.820. The second-order valence-corrected chi connectivity index (χ2v) is 4.46. The zero-order valence-corrected chi connectivity index (χ0v) is 9.16. The second-order valence-electron chi connectivity index (χ2n) is 4.46. The van der Waals surface area contributed by atoms with E-state index < -0.39 is 0 Å². The molecule has 0 spiro atoms. The molecule has 1 aliphatic rings. The number of nitrogens with zero attached hydrogens (tertiary/aromatic N) is 1. The van der Waals surface area contributed by atoms with Crippen molar-refractivity contribution in [2.24, 2.45) is 0 Å². The molecule has 1 aliphatic heterocycles. The van der Waals surface area contributed by atoms with Gasteiger partial charge in [0.05, 0.1) is 0 Å². The van der Waals surface area contributed by atoms with Crippen LogP contribution in [-0.4, -0.2) is 25.0 Å². The Morgan fingerprint density at radius 1 is 1.29 bits per heavy atom. The van der Waals surface area contributed by atoms with E-state index in [-0.39, 0.29) is 0 Å². The van der Waals surface area contributed by atoms with Crippen molar-refractivity contribution in [2.75, 3.05) is 20.1 Å². The lowest BCUT2D eigenvalue weighted by atomic mass is 9.88. The zero-order chi connectivity index (χ0) is 9.97. The topological polar surface area (TPSA) is 3.24 Å². The fraction of sp³-hybridized carbons (Fsp3) is 0.538. The molecule has 0 bridgehead atoms. The monoisotopic (exact) mass is 189 g/mol. The van der Waals surface area contributed by atoms with Gasteiger partial charge in [-0.3, -0.25) is 0 Å². The Morgan fingerprint density at radius 2 is 2.07 bits per heavy atom. The minimum absolute atomic E-state index is 0.759. The molecule has 1 nitrogen and oxygen atoms in total. The van der Waals surface area contributed by atoms with E-state index in [2.05, 4.69) is 43.1 Å². The van der Waals surface area contributed by atoms with Gasteiger partial charge in [-0.15, -0.1) is 0 Å². The Bertz CT molecular complexity index is 306. The summed E-state index contributed by atoms with van der Waals surface area (Å²) in [6.45, 7) is 4.72. The molecule has 2 rings (SSSR count). The molecule has 0 aliphatic carbocycles. The van der Waals surface area contributed by atoms with Crippen molar-refractivity contribution in [3.63, 3.8) is 0 Å². The quantitative estimate of drug-likeness (QED) is 0.656. The molecule has 1 heterocycles. The first-order chi connectivity index (χ1) is 6.77. The van der Waals surface area contributed by atoms with E-state index >= 15 is 0 Å². The summed E-state index contributed by atoms with van der Waals surface area (Å²) in [6, 6.07) is 8.81. The summed E-state index contributed by atoms with van der Waals surface area (Å²) >= 11 is 0. The Kier molecular flexibility index (Phi) is 2.87. The van der Waals surface area contributed by atoms with Crippen molar-refractivity contribution < 1.29 is 0 Å². The summed E-state index contributed by atoms with van der Waals surface area (Å²) in [6.07, 6.45) is 2.70. The minimum Gasteiger partial charge on any atom is -0.306 e. The van der Waals surface area contributed by atoms with Crippen molar-refractivity contribution in [2.45, 2.75) is 25.7 Å². The van der Waals surface area contributed by atoms with Gasteiger partial charge in [0.1, 0.15) is 0 Å². The molecule has 1 fully saturated rings. The standard InChI is InChI=1S/C13H19N/c1-11-6-3-4-8-13(11)12-7-5-9-14(2)10-12/h3-4,6,8,12H,5,7,9-10H2,1-2H3. The van der Waals surface area contributed by atoms with Gasteiger partial charge < -0.3 is 4.90 Å². The first-order valence-corrected chi connectivity index (χ1v) is 5.51. The highest BCUT2D eigenvalue weighted by Gasteiger charge is 2.19.